The third-order valence-electron chi connectivity index (χ3n) is 3.62. The largest absolute Gasteiger partial charge is 0.381 e. The highest BCUT2D eigenvalue weighted by atomic mass is 35.5. The fraction of sp³-hybridized carbons (Fsp3) is 0.615. The van der Waals surface area contributed by atoms with Crippen molar-refractivity contribution < 1.29 is 9.31 Å². The molecular weight excluding hydrogens is 250 g/mol. The summed E-state index contributed by atoms with van der Waals surface area (Å²) >= 11 is 5.85. The van der Waals surface area contributed by atoms with E-state index in [1.54, 1.807) is 6.20 Å². The Hall–Kier alpha value is -1.00. The number of rotatable bonds is 2. The molecule has 0 saturated carbocycles. The van der Waals surface area contributed by atoms with Crippen molar-refractivity contribution in [3.63, 3.8) is 0 Å². The molecule has 1 fully saturated rings. The van der Waals surface area contributed by atoms with Crippen LogP contribution in [0.5, 0.6) is 0 Å². The van der Waals surface area contributed by atoms with Crippen LogP contribution in [0.2, 0.25) is 5.15 Å². The summed E-state index contributed by atoms with van der Waals surface area (Å²) in [6, 6.07) is 0. The average Bonchev–Trinajstić information content (AvgIpc) is 2.40. The number of halogens is 1. The predicted octanol–water partition coefficient (Wildman–Crippen LogP) is 1.54. The zero-order valence-corrected chi connectivity index (χ0v) is 11.1. The first kappa shape index (κ1) is 12.1. The van der Waals surface area contributed by atoms with Crippen molar-refractivity contribution in [1.29, 1.82) is 0 Å². The Morgan fingerprint density at radius 1 is 1.39 bits per heavy atom. The molecule has 0 bridgehead atoms. The van der Waals surface area contributed by atoms with Crippen LogP contribution in [0.3, 0.4) is 0 Å². The molecule has 0 aliphatic carbocycles. The van der Waals surface area contributed by atoms with Crippen LogP contribution in [0.4, 0.5) is 0 Å². The standard InChI is InChI=1S/C13H17ClN3O/c14-13-7-15-12-9-17(4-1-11(12)16-13)8-10-2-5-18-6-3-10/h7,9-10H,1-6,8H2/q+1. The molecule has 1 aromatic rings. The van der Waals surface area contributed by atoms with E-state index in [-0.39, 0.29) is 0 Å². The molecule has 0 atom stereocenters. The summed E-state index contributed by atoms with van der Waals surface area (Å²) in [4.78, 5) is 8.67. The zero-order valence-electron chi connectivity index (χ0n) is 10.3. The van der Waals surface area contributed by atoms with Gasteiger partial charge in [0, 0.05) is 19.1 Å². The van der Waals surface area contributed by atoms with Crippen LogP contribution in [0.1, 0.15) is 24.2 Å². The van der Waals surface area contributed by atoms with E-state index in [2.05, 4.69) is 20.8 Å². The molecule has 3 rings (SSSR count). The third kappa shape index (κ3) is 2.70. The SMILES string of the molecule is Clc1cnc2c(n1)CC[N+](CC1CCOCC1)=C2. The van der Waals surface area contributed by atoms with Gasteiger partial charge in [-0.15, -0.1) is 0 Å². The van der Waals surface area contributed by atoms with Crippen molar-refractivity contribution in [2.45, 2.75) is 19.3 Å². The molecule has 0 radical (unpaired) electrons. The minimum atomic E-state index is 0.486. The molecule has 1 saturated heterocycles. The monoisotopic (exact) mass is 266 g/mol. The number of ether oxygens (including phenoxy) is 1. The van der Waals surface area contributed by atoms with E-state index >= 15 is 0 Å². The van der Waals surface area contributed by atoms with Gasteiger partial charge in [-0.05, 0) is 12.8 Å². The molecule has 0 amide bonds. The molecule has 5 heteroatoms. The maximum Gasteiger partial charge on any atom is 0.191 e. The van der Waals surface area contributed by atoms with Crippen LogP contribution in [0.15, 0.2) is 6.20 Å². The topological polar surface area (TPSA) is 38.0 Å². The normalized spacial score (nSPS) is 20.4. The highest BCUT2D eigenvalue weighted by Gasteiger charge is 2.23. The summed E-state index contributed by atoms with van der Waals surface area (Å²) in [5.74, 6) is 0.747. The lowest BCUT2D eigenvalue weighted by Gasteiger charge is -2.21. The van der Waals surface area contributed by atoms with Gasteiger partial charge in [0.05, 0.1) is 18.3 Å². The Morgan fingerprint density at radius 3 is 3.06 bits per heavy atom. The average molecular weight is 267 g/mol. The molecule has 0 N–H and O–H groups in total. The summed E-state index contributed by atoms with van der Waals surface area (Å²) in [5, 5.41) is 0.486. The van der Waals surface area contributed by atoms with Crippen molar-refractivity contribution in [1.82, 2.24) is 9.97 Å². The van der Waals surface area contributed by atoms with Crippen LogP contribution in [-0.2, 0) is 11.2 Å². The number of fused-ring (bicyclic) bond motifs is 1. The Labute approximate surface area is 112 Å². The molecule has 96 valence electrons. The van der Waals surface area contributed by atoms with Gasteiger partial charge in [0.1, 0.15) is 23.9 Å². The van der Waals surface area contributed by atoms with Crippen LogP contribution < -0.4 is 0 Å². The molecule has 0 aromatic carbocycles. The second-order valence-electron chi connectivity index (χ2n) is 4.95. The molecule has 2 aliphatic heterocycles. The van der Waals surface area contributed by atoms with Gasteiger partial charge in [0.2, 0.25) is 0 Å². The van der Waals surface area contributed by atoms with E-state index < -0.39 is 0 Å². The fourth-order valence-corrected chi connectivity index (χ4v) is 2.75. The zero-order chi connectivity index (χ0) is 12.4. The van der Waals surface area contributed by atoms with E-state index in [1.807, 2.05) is 0 Å². The van der Waals surface area contributed by atoms with Gasteiger partial charge in [0.15, 0.2) is 6.21 Å². The van der Waals surface area contributed by atoms with E-state index in [0.717, 1.165) is 50.0 Å². The summed E-state index contributed by atoms with van der Waals surface area (Å²) in [7, 11) is 0. The predicted molar refractivity (Wildman–Crippen MR) is 69.4 cm³/mol. The van der Waals surface area contributed by atoms with Gasteiger partial charge >= 0.3 is 0 Å². The highest BCUT2D eigenvalue weighted by Crippen LogP contribution is 2.16. The summed E-state index contributed by atoms with van der Waals surface area (Å²) in [5.41, 5.74) is 1.99. The van der Waals surface area contributed by atoms with Gasteiger partial charge in [-0.25, -0.2) is 14.5 Å². The lowest BCUT2D eigenvalue weighted by Crippen LogP contribution is -2.31. The second kappa shape index (κ2) is 5.33. The number of aromatic nitrogens is 2. The molecule has 3 heterocycles. The molecule has 1 aromatic heterocycles. The molecule has 0 spiro atoms. The lowest BCUT2D eigenvalue weighted by atomic mass is 9.99. The third-order valence-corrected chi connectivity index (χ3v) is 3.80. The highest BCUT2D eigenvalue weighted by molar-refractivity contribution is 6.29. The molecule has 4 nitrogen and oxygen atoms in total. The van der Waals surface area contributed by atoms with Gasteiger partial charge < -0.3 is 4.74 Å². The van der Waals surface area contributed by atoms with E-state index in [9.17, 15) is 0 Å². The van der Waals surface area contributed by atoms with E-state index in [4.69, 9.17) is 16.3 Å². The van der Waals surface area contributed by atoms with Crippen molar-refractivity contribution in [2.75, 3.05) is 26.3 Å². The quantitative estimate of drug-likeness (QED) is 0.763. The van der Waals surface area contributed by atoms with Crippen molar-refractivity contribution >= 4 is 17.8 Å². The Kier molecular flexibility index (Phi) is 3.57. The maximum absolute atomic E-state index is 5.85. The summed E-state index contributed by atoms with van der Waals surface area (Å²) < 4.78 is 7.75. The number of nitrogens with zero attached hydrogens (tertiary/aromatic N) is 3. The van der Waals surface area contributed by atoms with Gasteiger partial charge in [0.25, 0.3) is 0 Å². The van der Waals surface area contributed by atoms with E-state index in [0.29, 0.717) is 5.15 Å². The first-order valence-corrected chi connectivity index (χ1v) is 6.87. The fourth-order valence-electron chi connectivity index (χ4n) is 2.60. The van der Waals surface area contributed by atoms with Gasteiger partial charge in [-0.1, -0.05) is 11.6 Å². The molecular formula is C13H17ClN3O+. The van der Waals surface area contributed by atoms with Gasteiger partial charge in [-0.2, -0.15) is 0 Å². The van der Waals surface area contributed by atoms with Crippen LogP contribution in [0.25, 0.3) is 0 Å². The van der Waals surface area contributed by atoms with Crippen molar-refractivity contribution in [3.05, 3.63) is 22.7 Å². The Bertz CT molecular complexity index is 469. The first-order chi connectivity index (χ1) is 8.81. The Morgan fingerprint density at radius 2 is 2.22 bits per heavy atom. The van der Waals surface area contributed by atoms with E-state index in [1.165, 1.54) is 12.8 Å². The molecule has 18 heavy (non-hydrogen) atoms. The van der Waals surface area contributed by atoms with Crippen molar-refractivity contribution in [2.24, 2.45) is 5.92 Å². The minimum absolute atomic E-state index is 0.486. The molecule has 0 unspecified atom stereocenters. The smallest absolute Gasteiger partial charge is 0.191 e. The lowest BCUT2D eigenvalue weighted by molar-refractivity contribution is -0.532. The van der Waals surface area contributed by atoms with Crippen LogP contribution >= 0.6 is 11.6 Å². The number of hydrogen-bond acceptors (Lipinski definition) is 3. The maximum atomic E-state index is 5.85. The van der Waals surface area contributed by atoms with Crippen LogP contribution in [0, 0.1) is 5.92 Å². The number of hydrogen-bond donors (Lipinski definition) is 0. The first-order valence-electron chi connectivity index (χ1n) is 6.49. The minimum Gasteiger partial charge on any atom is -0.381 e. The van der Waals surface area contributed by atoms with Gasteiger partial charge in [-0.3, -0.25) is 0 Å². The van der Waals surface area contributed by atoms with Crippen LogP contribution in [-0.4, -0.2) is 47.1 Å². The summed E-state index contributed by atoms with van der Waals surface area (Å²) in [6.07, 6.45) is 7.02. The second-order valence-corrected chi connectivity index (χ2v) is 5.34. The Balaban J connectivity index is 1.72. The van der Waals surface area contributed by atoms with Crippen molar-refractivity contribution in [3.8, 4) is 0 Å². The summed E-state index contributed by atoms with van der Waals surface area (Å²) in [6.45, 7) is 3.93. The molecule has 2 aliphatic rings.